The Kier molecular flexibility index (Phi) is 8.16. The number of nitrogens with zero attached hydrogens (tertiary/aromatic N) is 2. The summed E-state index contributed by atoms with van der Waals surface area (Å²) in [5.41, 5.74) is -2.35. The summed E-state index contributed by atoms with van der Waals surface area (Å²) in [6.07, 6.45) is -8.27. The predicted molar refractivity (Wildman–Crippen MR) is 145 cm³/mol. The second kappa shape index (κ2) is 11.5. The monoisotopic (exact) mass is 626 g/mol. The molecule has 2 aliphatic rings. The van der Waals surface area contributed by atoms with Crippen LogP contribution in [0, 0.1) is 17.6 Å². The highest BCUT2D eigenvalue weighted by atomic mass is 19.4. The van der Waals surface area contributed by atoms with Crippen molar-refractivity contribution >= 4 is 17.8 Å². The van der Waals surface area contributed by atoms with Gasteiger partial charge < -0.3 is 16.2 Å². The zero-order valence-electron chi connectivity index (χ0n) is 22.8. The summed E-state index contributed by atoms with van der Waals surface area (Å²) in [5.74, 6) is -4.75. The lowest BCUT2D eigenvalue weighted by atomic mass is 9.87. The van der Waals surface area contributed by atoms with Crippen LogP contribution >= 0.6 is 0 Å². The normalized spacial score (nSPS) is 16.8. The number of carbonyl (C=O) groups is 1. The van der Waals surface area contributed by atoms with Crippen molar-refractivity contribution in [2.24, 2.45) is 10.9 Å². The van der Waals surface area contributed by atoms with Crippen LogP contribution in [0.15, 0.2) is 53.5 Å². The first-order chi connectivity index (χ1) is 20.6. The molecule has 0 bridgehead atoms. The number of aliphatic imine (C=N–C) groups is 1. The van der Waals surface area contributed by atoms with Crippen molar-refractivity contribution in [3.8, 4) is 11.3 Å². The quantitative estimate of drug-likeness (QED) is 0.145. The zero-order valence-corrected chi connectivity index (χ0v) is 22.8. The lowest BCUT2D eigenvalue weighted by Crippen LogP contribution is -2.54. The molecular formula is C30H26F8N4O2. The van der Waals surface area contributed by atoms with E-state index in [-0.39, 0.29) is 35.7 Å². The van der Waals surface area contributed by atoms with Gasteiger partial charge in [-0.25, -0.2) is 13.8 Å². The Morgan fingerprint density at radius 2 is 1.64 bits per heavy atom. The minimum atomic E-state index is -6.37. The fraction of sp³-hybridized carbons (Fsp3) is 0.367. The number of amides is 1. The molecule has 1 aromatic heterocycles. The largest absolute Gasteiger partial charge is 0.430 e. The summed E-state index contributed by atoms with van der Waals surface area (Å²) < 4.78 is 112. The van der Waals surface area contributed by atoms with Gasteiger partial charge in [0.15, 0.2) is 5.82 Å². The Morgan fingerprint density at radius 1 is 1.00 bits per heavy atom. The van der Waals surface area contributed by atoms with Gasteiger partial charge in [-0.1, -0.05) is 0 Å². The molecule has 4 N–H and O–H groups in total. The zero-order chi connectivity index (χ0) is 32.0. The number of rotatable bonds is 9. The van der Waals surface area contributed by atoms with Gasteiger partial charge in [0.1, 0.15) is 11.5 Å². The van der Waals surface area contributed by atoms with E-state index in [1.54, 1.807) is 6.21 Å². The fourth-order valence-corrected chi connectivity index (χ4v) is 4.82. The minimum Gasteiger partial charge on any atom is -0.398 e. The summed E-state index contributed by atoms with van der Waals surface area (Å²) >= 11 is 0. The van der Waals surface area contributed by atoms with Gasteiger partial charge in [0.2, 0.25) is 0 Å². The number of benzene rings is 2. The molecule has 234 valence electrons. The van der Waals surface area contributed by atoms with E-state index in [1.165, 1.54) is 18.2 Å². The van der Waals surface area contributed by atoms with Gasteiger partial charge in [-0.2, -0.15) is 26.3 Å². The summed E-state index contributed by atoms with van der Waals surface area (Å²) in [6, 6.07) is 8.42. The van der Waals surface area contributed by atoms with Crippen molar-refractivity contribution in [2.75, 3.05) is 12.3 Å². The average Bonchev–Trinajstić information content (AvgIpc) is 3.88. The van der Waals surface area contributed by atoms with Crippen molar-refractivity contribution in [2.45, 2.75) is 55.6 Å². The van der Waals surface area contributed by atoms with Gasteiger partial charge in [0, 0.05) is 52.3 Å². The van der Waals surface area contributed by atoms with E-state index >= 15 is 4.39 Å². The highest BCUT2D eigenvalue weighted by molar-refractivity contribution is 5.98. The van der Waals surface area contributed by atoms with E-state index in [2.05, 4.69) is 15.3 Å². The molecular weight excluding hydrogens is 600 g/mol. The van der Waals surface area contributed by atoms with Gasteiger partial charge in [-0.15, -0.1) is 0 Å². The third kappa shape index (κ3) is 6.26. The van der Waals surface area contributed by atoms with Crippen molar-refractivity contribution in [3.05, 3.63) is 82.5 Å². The van der Waals surface area contributed by atoms with Crippen LogP contribution in [-0.4, -0.2) is 47.2 Å². The Labute approximate surface area is 246 Å². The average molecular weight is 627 g/mol. The van der Waals surface area contributed by atoms with Gasteiger partial charge in [0.05, 0.1) is 6.04 Å². The number of nitrogen functional groups attached to an aromatic ring is 1. The molecule has 0 saturated heterocycles. The van der Waals surface area contributed by atoms with Gasteiger partial charge >= 0.3 is 12.4 Å². The molecule has 2 saturated carbocycles. The molecule has 2 aromatic carbocycles. The summed E-state index contributed by atoms with van der Waals surface area (Å²) in [4.78, 5) is 21.5. The van der Waals surface area contributed by atoms with Crippen molar-refractivity contribution in [1.82, 2.24) is 10.3 Å². The SMILES string of the molecule is Nc1ccc(C(=O)NCC(c2cc(C(O)(C(F)(F)F)C(F)(F)F)c(F)c(-c3ccc(F)cc3)n2)C2CC2)cc1C=NC1CC1. The van der Waals surface area contributed by atoms with Gasteiger partial charge in [-0.3, -0.25) is 9.79 Å². The number of hydrogen-bond donors (Lipinski definition) is 3. The molecule has 0 aliphatic heterocycles. The maximum absolute atomic E-state index is 15.6. The molecule has 3 aromatic rings. The van der Waals surface area contributed by atoms with Crippen LogP contribution in [0.2, 0.25) is 0 Å². The molecule has 1 heterocycles. The summed E-state index contributed by atoms with van der Waals surface area (Å²) in [6.45, 7) is -0.281. The number of aliphatic hydroxyl groups is 1. The Hall–Kier alpha value is -4.07. The maximum Gasteiger partial charge on any atom is 0.430 e. The molecule has 0 radical (unpaired) electrons. The lowest BCUT2D eigenvalue weighted by molar-refractivity contribution is -0.377. The Balaban J connectivity index is 1.53. The second-order valence-corrected chi connectivity index (χ2v) is 11.0. The van der Waals surface area contributed by atoms with E-state index in [9.17, 15) is 40.6 Å². The number of pyridine rings is 1. The molecule has 2 fully saturated rings. The smallest absolute Gasteiger partial charge is 0.398 e. The number of nitrogens with two attached hydrogens (primary N) is 1. The first-order valence-corrected chi connectivity index (χ1v) is 13.6. The third-order valence-electron chi connectivity index (χ3n) is 7.68. The molecule has 6 nitrogen and oxygen atoms in total. The number of anilines is 1. The van der Waals surface area contributed by atoms with Crippen molar-refractivity contribution in [1.29, 1.82) is 0 Å². The van der Waals surface area contributed by atoms with E-state index in [4.69, 9.17) is 5.73 Å². The van der Waals surface area contributed by atoms with E-state index in [0.29, 0.717) is 24.1 Å². The van der Waals surface area contributed by atoms with Crippen LogP contribution in [0.3, 0.4) is 0 Å². The van der Waals surface area contributed by atoms with Gasteiger partial charge in [-0.05, 0) is 80.1 Å². The number of alkyl halides is 6. The molecule has 1 atom stereocenters. The molecule has 44 heavy (non-hydrogen) atoms. The van der Waals surface area contributed by atoms with Crippen LogP contribution in [0.25, 0.3) is 11.3 Å². The molecule has 1 unspecified atom stereocenters. The molecule has 0 spiro atoms. The summed E-state index contributed by atoms with van der Waals surface area (Å²) in [7, 11) is 0. The molecule has 5 rings (SSSR count). The summed E-state index contributed by atoms with van der Waals surface area (Å²) in [5, 5.41) is 12.8. The van der Waals surface area contributed by atoms with Crippen LogP contribution in [-0.2, 0) is 5.60 Å². The van der Waals surface area contributed by atoms with E-state index < -0.39 is 58.4 Å². The number of aromatic nitrogens is 1. The highest BCUT2D eigenvalue weighted by Crippen LogP contribution is 2.52. The van der Waals surface area contributed by atoms with Crippen molar-refractivity contribution < 1.29 is 45.0 Å². The van der Waals surface area contributed by atoms with E-state index in [1.807, 2.05) is 0 Å². The topological polar surface area (TPSA) is 101 Å². The number of halogens is 8. The van der Waals surface area contributed by atoms with Crippen LogP contribution < -0.4 is 11.1 Å². The minimum absolute atomic E-state index is 0.175. The highest BCUT2D eigenvalue weighted by Gasteiger charge is 2.72. The fourth-order valence-electron chi connectivity index (χ4n) is 4.82. The lowest BCUT2D eigenvalue weighted by Gasteiger charge is -2.33. The van der Waals surface area contributed by atoms with Crippen molar-refractivity contribution in [3.63, 3.8) is 0 Å². The first kappa shape index (κ1) is 31.4. The first-order valence-electron chi connectivity index (χ1n) is 13.6. The van der Waals surface area contributed by atoms with Crippen LogP contribution in [0.4, 0.5) is 40.8 Å². The predicted octanol–water partition coefficient (Wildman–Crippen LogP) is 6.43. The number of hydrogen-bond acceptors (Lipinski definition) is 5. The maximum atomic E-state index is 15.6. The number of nitrogens with one attached hydrogen (secondary N) is 1. The third-order valence-corrected chi connectivity index (χ3v) is 7.68. The van der Waals surface area contributed by atoms with Crippen LogP contribution in [0.1, 0.15) is 58.8 Å². The van der Waals surface area contributed by atoms with Gasteiger partial charge in [0.25, 0.3) is 11.5 Å². The second-order valence-electron chi connectivity index (χ2n) is 11.0. The van der Waals surface area contributed by atoms with E-state index in [0.717, 1.165) is 37.1 Å². The Morgan fingerprint density at radius 3 is 2.20 bits per heavy atom. The molecule has 1 amide bonds. The Bertz CT molecular complexity index is 1570. The molecule has 2 aliphatic carbocycles. The van der Waals surface area contributed by atoms with Crippen LogP contribution in [0.5, 0.6) is 0 Å². The molecule has 14 heteroatoms. The standard InChI is InChI=1S/C30H26F8N4O2/c31-19-6-3-16(4-7-19)26-25(32)22(28(44,29(33,34)35)30(36,37)38)12-24(42-26)21(15-1-2-15)14-41-27(43)17-5-10-23(39)18(11-17)13-40-20-8-9-20/h3-7,10-13,15,20-21,44H,1-2,8-9,14,39H2,(H,41,43). The number of carbonyl (C=O) groups excluding carboxylic acids is 1.